The number of amides is 1. The number of halogens is 1. The molecular formula is C26H23ClN4O3S3. The first kappa shape index (κ1) is 27.0. The van der Waals surface area contributed by atoms with Gasteiger partial charge in [0.15, 0.2) is 20.2 Å². The summed E-state index contributed by atoms with van der Waals surface area (Å²) in [4.78, 5) is 12.2. The number of carbonyl (C=O) groups excluding carboxylic acids is 1. The van der Waals surface area contributed by atoms with Crippen molar-refractivity contribution in [2.75, 3.05) is 12.9 Å². The van der Waals surface area contributed by atoms with Crippen molar-refractivity contribution in [1.82, 2.24) is 15.6 Å². The summed E-state index contributed by atoms with van der Waals surface area (Å²) in [5, 5.41) is 13.1. The molecule has 0 saturated heterocycles. The first-order valence-electron chi connectivity index (χ1n) is 11.1. The zero-order chi connectivity index (χ0) is 25.9. The number of hydrogen-bond donors (Lipinski definition) is 1. The van der Waals surface area contributed by atoms with Crippen LogP contribution in [0.15, 0.2) is 86.6 Å². The number of ether oxygens (including phenoxy) is 2. The van der Waals surface area contributed by atoms with Crippen LogP contribution in [0.1, 0.15) is 16.7 Å². The first-order chi connectivity index (χ1) is 18.1. The molecule has 37 heavy (non-hydrogen) atoms. The molecule has 11 heteroatoms. The Bertz CT molecular complexity index is 1350. The maximum atomic E-state index is 12.2. The van der Waals surface area contributed by atoms with Crippen molar-refractivity contribution in [3.63, 3.8) is 0 Å². The molecule has 0 aliphatic carbocycles. The molecular weight excluding hydrogens is 548 g/mol. The Labute approximate surface area is 232 Å². The number of thioether (sulfide) groups is 2. The highest BCUT2D eigenvalue weighted by Gasteiger charge is 2.10. The van der Waals surface area contributed by atoms with Gasteiger partial charge in [-0.25, -0.2) is 5.43 Å². The van der Waals surface area contributed by atoms with E-state index in [0.29, 0.717) is 23.9 Å². The van der Waals surface area contributed by atoms with Gasteiger partial charge in [0.2, 0.25) is 0 Å². The Balaban J connectivity index is 1.21. The Morgan fingerprint density at radius 1 is 1.03 bits per heavy atom. The number of rotatable bonds is 12. The lowest BCUT2D eigenvalue weighted by atomic mass is 10.2. The molecule has 1 amide bonds. The van der Waals surface area contributed by atoms with Crippen LogP contribution < -0.4 is 14.9 Å². The van der Waals surface area contributed by atoms with E-state index < -0.39 is 0 Å². The molecule has 1 aromatic heterocycles. The SMILES string of the molecule is COc1cc(/C=N\NC(=O)CSc2nnc(SCc3ccccc3Cl)s2)ccc1OCc1ccccc1. The average Bonchev–Trinajstić information content (AvgIpc) is 3.39. The van der Waals surface area contributed by atoms with Gasteiger partial charge in [0, 0.05) is 10.8 Å². The second kappa shape index (κ2) is 14.0. The summed E-state index contributed by atoms with van der Waals surface area (Å²) >= 11 is 10.5. The number of aromatic nitrogens is 2. The number of methoxy groups -OCH3 is 1. The Morgan fingerprint density at radius 2 is 1.78 bits per heavy atom. The van der Waals surface area contributed by atoms with E-state index in [-0.39, 0.29) is 11.7 Å². The third-order valence-corrected chi connectivity index (χ3v) is 8.46. The van der Waals surface area contributed by atoms with Gasteiger partial charge in [-0.2, -0.15) is 5.10 Å². The van der Waals surface area contributed by atoms with Crippen LogP contribution in [-0.2, 0) is 17.2 Å². The van der Waals surface area contributed by atoms with Crippen LogP contribution in [0.4, 0.5) is 0 Å². The molecule has 0 spiro atoms. The molecule has 190 valence electrons. The quantitative estimate of drug-likeness (QED) is 0.121. The molecule has 0 saturated carbocycles. The molecule has 0 aliphatic heterocycles. The van der Waals surface area contributed by atoms with E-state index in [4.69, 9.17) is 21.1 Å². The van der Waals surface area contributed by atoms with Crippen molar-refractivity contribution in [2.45, 2.75) is 21.0 Å². The molecule has 0 fully saturated rings. The van der Waals surface area contributed by atoms with E-state index in [2.05, 4.69) is 20.7 Å². The first-order valence-corrected chi connectivity index (χ1v) is 14.3. The van der Waals surface area contributed by atoms with Crippen LogP contribution >= 0.6 is 46.5 Å². The van der Waals surface area contributed by atoms with Crippen molar-refractivity contribution in [2.24, 2.45) is 5.10 Å². The minimum absolute atomic E-state index is 0.177. The zero-order valence-electron chi connectivity index (χ0n) is 19.8. The van der Waals surface area contributed by atoms with E-state index >= 15 is 0 Å². The van der Waals surface area contributed by atoms with Gasteiger partial charge < -0.3 is 9.47 Å². The number of hydrogen-bond acceptors (Lipinski definition) is 9. The summed E-state index contributed by atoms with van der Waals surface area (Å²) in [6.07, 6.45) is 1.56. The van der Waals surface area contributed by atoms with E-state index in [9.17, 15) is 4.79 Å². The highest BCUT2D eigenvalue weighted by molar-refractivity contribution is 8.03. The number of benzene rings is 3. The van der Waals surface area contributed by atoms with Crippen LogP contribution in [-0.4, -0.2) is 35.2 Å². The summed E-state index contributed by atoms with van der Waals surface area (Å²) in [5.74, 6) is 1.86. The molecule has 0 unspecified atom stereocenters. The molecule has 0 bridgehead atoms. The molecule has 3 aromatic carbocycles. The normalized spacial score (nSPS) is 11.0. The molecule has 0 radical (unpaired) electrons. The van der Waals surface area contributed by atoms with E-state index in [1.165, 1.54) is 23.1 Å². The lowest BCUT2D eigenvalue weighted by Gasteiger charge is -2.11. The van der Waals surface area contributed by atoms with Gasteiger partial charge in [-0.05, 0) is 41.0 Å². The fourth-order valence-electron chi connectivity index (χ4n) is 3.03. The van der Waals surface area contributed by atoms with Crippen LogP contribution in [0.25, 0.3) is 0 Å². The minimum atomic E-state index is -0.239. The fourth-order valence-corrected chi connectivity index (χ4v) is 6.12. The van der Waals surface area contributed by atoms with Gasteiger partial charge >= 0.3 is 0 Å². The number of carbonyl (C=O) groups is 1. The molecule has 0 aliphatic rings. The standard InChI is InChI=1S/C26H23ClN4O3S3/c1-33-23-13-19(11-12-22(23)34-15-18-7-3-2-4-8-18)14-28-29-24(32)17-36-26-31-30-25(37-26)35-16-20-9-5-6-10-21(20)27/h2-14H,15-17H2,1H3,(H,29,32)/b28-14-. The third-order valence-electron chi connectivity index (χ3n) is 4.85. The van der Waals surface area contributed by atoms with Crippen LogP contribution in [0.2, 0.25) is 5.02 Å². The summed E-state index contributed by atoms with van der Waals surface area (Å²) in [6.45, 7) is 0.439. The van der Waals surface area contributed by atoms with E-state index in [0.717, 1.165) is 30.4 Å². The maximum Gasteiger partial charge on any atom is 0.250 e. The minimum Gasteiger partial charge on any atom is -0.493 e. The van der Waals surface area contributed by atoms with E-state index in [1.54, 1.807) is 31.2 Å². The van der Waals surface area contributed by atoms with Gasteiger partial charge in [-0.3, -0.25) is 4.79 Å². The van der Waals surface area contributed by atoms with Crippen molar-refractivity contribution < 1.29 is 14.3 Å². The Kier molecular flexibility index (Phi) is 10.2. The lowest BCUT2D eigenvalue weighted by molar-refractivity contribution is -0.118. The number of hydrazone groups is 1. The monoisotopic (exact) mass is 570 g/mol. The zero-order valence-corrected chi connectivity index (χ0v) is 23.0. The van der Waals surface area contributed by atoms with Gasteiger partial charge in [0.1, 0.15) is 6.61 Å². The largest absolute Gasteiger partial charge is 0.493 e. The van der Waals surface area contributed by atoms with Gasteiger partial charge in [-0.15, -0.1) is 10.2 Å². The molecule has 7 nitrogen and oxygen atoms in total. The van der Waals surface area contributed by atoms with Gasteiger partial charge in [-0.1, -0.05) is 95.0 Å². The van der Waals surface area contributed by atoms with Gasteiger partial charge in [0.05, 0.1) is 19.1 Å². The second-order valence-electron chi connectivity index (χ2n) is 7.48. The number of nitrogens with zero attached hydrogens (tertiary/aromatic N) is 3. The summed E-state index contributed by atoms with van der Waals surface area (Å²) in [7, 11) is 1.58. The molecule has 1 N–H and O–H groups in total. The van der Waals surface area contributed by atoms with Gasteiger partial charge in [0.25, 0.3) is 5.91 Å². The average molecular weight is 571 g/mol. The van der Waals surface area contributed by atoms with Crippen molar-refractivity contribution >= 4 is 58.6 Å². The molecule has 1 heterocycles. The van der Waals surface area contributed by atoms with E-state index in [1.807, 2.05) is 66.7 Å². The smallest absolute Gasteiger partial charge is 0.250 e. The van der Waals surface area contributed by atoms with Crippen molar-refractivity contribution in [3.8, 4) is 11.5 Å². The Hall–Kier alpha value is -3.05. The number of nitrogens with one attached hydrogen (secondary N) is 1. The van der Waals surface area contributed by atoms with Crippen molar-refractivity contribution in [1.29, 1.82) is 0 Å². The van der Waals surface area contributed by atoms with Crippen LogP contribution in [0.3, 0.4) is 0 Å². The molecule has 4 aromatic rings. The highest BCUT2D eigenvalue weighted by Crippen LogP contribution is 2.32. The lowest BCUT2D eigenvalue weighted by Crippen LogP contribution is -2.19. The fraction of sp³-hybridized carbons (Fsp3) is 0.154. The highest BCUT2D eigenvalue weighted by atomic mass is 35.5. The predicted molar refractivity (Wildman–Crippen MR) is 151 cm³/mol. The molecule has 4 rings (SSSR count). The van der Waals surface area contributed by atoms with Crippen LogP contribution in [0.5, 0.6) is 11.5 Å². The van der Waals surface area contributed by atoms with Crippen LogP contribution in [0, 0.1) is 0 Å². The summed E-state index contributed by atoms with van der Waals surface area (Å²) < 4.78 is 12.9. The third kappa shape index (κ3) is 8.50. The Morgan fingerprint density at radius 3 is 2.57 bits per heavy atom. The maximum absolute atomic E-state index is 12.2. The predicted octanol–water partition coefficient (Wildman–Crippen LogP) is 6.31. The summed E-state index contributed by atoms with van der Waals surface area (Å²) in [6, 6.07) is 23.1. The molecule has 0 atom stereocenters. The summed E-state index contributed by atoms with van der Waals surface area (Å²) in [5.41, 5.74) is 5.41. The van der Waals surface area contributed by atoms with Crippen molar-refractivity contribution in [3.05, 3.63) is 94.5 Å². The topological polar surface area (TPSA) is 85.7 Å². The second-order valence-corrected chi connectivity index (χ2v) is 11.3.